The van der Waals surface area contributed by atoms with Crippen LogP contribution in [0.1, 0.15) is 40.7 Å². The summed E-state index contributed by atoms with van der Waals surface area (Å²) in [5, 5.41) is 16.4. The normalized spacial score (nSPS) is 10.9. The van der Waals surface area contributed by atoms with Crippen LogP contribution in [-0.2, 0) is 6.54 Å². The first-order valence-electron chi connectivity index (χ1n) is 7.33. The van der Waals surface area contributed by atoms with Crippen molar-refractivity contribution in [3.63, 3.8) is 0 Å². The lowest BCUT2D eigenvalue weighted by molar-refractivity contribution is 0.102. The fourth-order valence-electron chi connectivity index (χ4n) is 2.03. The summed E-state index contributed by atoms with van der Waals surface area (Å²) in [6, 6.07) is 9.35. The van der Waals surface area contributed by atoms with Crippen molar-refractivity contribution in [2.45, 2.75) is 26.3 Å². The van der Waals surface area contributed by atoms with Gasteiger partial charge in [0.15, 0.2) is 0 Å². The molecular formula is C16H17N5OS. The second kappa shape index (κ2) is 6.70. The Morgan fingerprint density at radius 3 is 2.65 bits per heavy atom. The van der Waals surface area contributed by atoms with Crippen molar-refractivity contribution in [3.05, 3.63) is 58.9 Å². The number of nitrogens with zero attached hydrogens (tertiary/aromatic N) is 4. The monoisotopic (exact) mass is 327 g/mol. The molecule has 6 nitrogen and oxygen atoms in total. The average molecular weight is 327 g/mol. The molecule has 0 aliphatic carbocycles. The number of aromatic nitrogens is 4. The summed E-state index contributed by atoms with van der Waals surface area (Å²) in [6.45, 7) is 4.78. The fraction of sp³-hybridized carbons (Fsp3) is 0.250. The van der Waals surface area contributed by atoms with Crippen LogP contribution in [0.4, 0.5) is 5.13 Å². The molecule has 0 atom stereocenters. The van der Waals surface area contributed by atoms with Gasteiger partial charge in [0.25, 0.3) is 5.91 Å². The molecule has 1 aromatic carbocycles. The number of hydrogen-bond donors (Lipinski definition) is 1. The van der Waals surface area contributed by atoms with Gasteiger partial charge in [-0.3, -0.25) is 14.8 Å². The maximum absolute atomic E-state index is 12.2. The Balaban J connectivity index is 1.65. The van der Waals surface area contributed by atoms with Crippen LogP contribution < -0.4 is 5.32 Å². The molecular weight excluding hydrogens is 310 g/mol. The highest BCUT2D eigenvalue weighted by molar-refractivity contribution is 7.15. The van der Waals surface area contributed by atoms with E-state index < -0.39 is 0 Å². The van der Waals surface area contributed by atoms with E-state index in [1.54, 1.807) is 18.3 Å². The van der Waals surface area contributed by atoms with Gasteiger partial charge in [-0.15, -0.1) is 10.2 Å². The van der Waals surface area contributed by atoms with Crippen LogP contribution in [0.25, 0.3) is 0 Å². The molecule has 0 aliphatic rings. The van der Waals surface area contributed by atoms with Crippen LogP contribution in [0, 0.1) is 0 Å². The Kier molecular flexibility index (Phi) is 4.47. The van der Waals surface area contributed by atoms with Crippen LogP contribution in [-0.4, -0.2) is 25.9 Å². The highest BCUT2D eigenvalue weighted by Crippen LogP contribution is 2.22. The topological polar surface area (TPSA) is 72.7 Å². The minimum atomic E-state index is -0.179. The largest absolute Gasteiger partial charge is 0.296 e. The third kappa shape index (κ3) is 3.81. The van der Waals surface area contributed by atoms with Crippen molar-refractivity contribution in [2.24, 2.45) is 0 Å². The zero-order valence-electron chi connectivity index (χ0n) is 12.9. The van der Waals surface area contributed by atoms with Gasteiger partial charge in [0.05, 0.1) is 6.54 Å². The first-order valence-corrected chi connectivity index (χ1v) is 8.14. The molecule has 3 aromatic rings. The predicted molar refractivity (Wildman–Crippen MR) is 89.7 cm³/mol. The van der Waals surface area contributed by atoms with E-state index in [9.17, 15) is 4.79 Å². The Hall–Kier alpha value is -2.54. The molecule has 0 bridgehead atoms. The molecule has 2 heterocycles. The minimum absolute atomic E-state index is 0.179. The van der Waals surface area contributed by atoms with Gasteiger partial charge >= 0.3 is 0 Å². The molecule has 1 N–H and O–H groups in total. The Morgan fingerprint density at radius 1 is 1.26 bits per heavy atom. The number of carbonyl (C=O) groups excluding carboxylic acids is 1. The summed E-state index contributed by atoms with van der Waals surface area (Å²) in [6.07, 6.45) is 3.65. The summed E-state index contributed by atoms with van der Waals surface area (Å²) in [7, 11) is 0. The number of amides is 1. The molecule has 118 valence electrons. The van der Waals surface area contributed by atoms with E-state index in [-0.39, 0.29) is 5.91 Å². The number of benzene rings is 1. The van der Waals surface area contributed by atoms with E-state index >= 15 is 0 Å². The average Bonchev–Trinajstić information content (AvgIpc) is 3.19. The highest BCUT2D eigenvalue weighted by Gasteiger charge is 2.12. The SMILES string of the molecule is CC(C)c1nnc(NC(=O)c2ccc(Cn3cccn3)cc2)s1. The number of rotatable bonds is 5. The molecule has 3 rings (SSSR count). The standard InChI is InChI=1S/C16H17N5OS/c1-11(2)15-19-20-16(23-15)18-14(22)13-6-4-12(5-7-13)10-21-9-3-8-17-21/h3-9,11H,10H2,1-2H3,(H,18,20,22). The first kappa shape index (κ1) is 15.4. The number of nitrogens with one attached hydrogen (secondary N) is 1. The van der Waals surface area contributed by atoms with E-state index in [2.05, 4.69) is 20.6 Å². The quantitative estimate of drug-likeness (QED) is 0.781. The van der Waals surface area contributed by atoms with Crippen molar-refractivity contribution >= 4 is 22.4 Å². The highest BCUT2D eigenvalue weighted by atomic mass is 32.1. The van der Waals surface area contributed by atoms with Gasteiger partial charge in [-0.2, -0.15) is 5.10 Å². The van der Waals surface area contributed by atoms with E-state index in [0.29, 0.717) is 23.2 Å². The van der Waals surface area contributed by atoms with Crippen molar-refractivity contribution in [1.82, 2.24) is 20.0 Å². The summed E-state index contributed by atoms with van der Waals surface area (Å²) in [5.74, 6) is 0.127. The molecule has 0 saturated carbocycles. The molecule has 1 amide bonds. The second-order valence-electron chi connectivity index (χ2n) is 5.45. The van der Waals surface area contributed by atoms with Gasteiger partial charge in [0.2, 0.25) is 5.13 Å². The predicted octanol–water partition coefficient (Wildman–Crippen LogP) is 3.16. The van der Waals surface area contributed by atoms with Gasteiger partial charge in [-0.1, -0.05) is 37.3 Å². The van der Waals surface area contributed by atoms with Crippen molar-refractivity contribution in [3.8, 4) is 0 Å². The minimum Gasteiger partial charge on any atom is -0.296 e. The van der Waals surface area contributed by atoms with Crippen LogP contribution in [0.2, 0.25) is 0 Å². The zero-order valence-corrected chi connectivity index (χ0v) is 13.7. The second-order valence-corrected chi connectivity index (χ2v) is 6.46. The molecule has 7 heteroatoms. The maximum atomic E-state index is 12.2. The van der Waals surface area contributed by atoms with Crippen molar-refractivity contribution in [2.75, 3.05) is 5.32 Å². The van der Waals surface area contributed by atoms with Crippen molar-refractivity contribution < 1.29 is 4.79 Å². The van der Waals surface area contributed by atoms with Crippen LogP contribution in [0.15, 0.2) is 42.7 Å². The lowest BCUT2D eigenvalue weighted by Crippen LogP contribution is -2.11. The molecule has 0 aliphatic heterocycles. The molecule has 0 radical (unpaired) electrons. The molecule has 0 saturated heterocycles. The summed E-state index contributed by atoms with van der Waals surface area (Å²) >= 11 is 1.40. The zero-order chi connectivity index (χ0) is 16.2. The van der Waals surface area contributed by atoms with Crippen LogP contribution in [0.3, 0.4) is 0 Å². The Labute approximate surface area is 138 Å². The smallest absolute Gasteiger partial charge is 0.257 e. The lowest BCUT2D eigenvalue weighted by Gasteiger charge is -2.04. The van der Waals surface area contributed by atoms with E-state index in [0.717, 1.165) is 10.6 Å². The summed E-state index contributed by atoms with van der Waals surface area (Å²) in [4.78, 5) is 12.2. The molecule has 0 unspecified atom stereocenters. The maximum Gasteiger partial charge on any atom is 0.257 e. The van der Waals surface area contributed by atoms with Crippen molar-refractivity contribution in [1.29, 1.82) is 0 Å². The van der Waals surface area contributed by atoms with Gasteiger partial charge in [0.1, 0.15) is 5.01 Å². The Bertz CT molecular complexity index is 777. The number of anilines is 1. The van der Waals surface area contributed by atoms with Crippen LogP contribution >= 0.6 is 11.3 Å². The van der Waals surface area contributed by atoms with Gasteiger partial charge < -0.3 is 0 Å². The van der Waals surface area contributed by atoms with E-state index in [4.69, 9.17) is 0 Å². The van der Waals surface area contributed by atoms with Gasteiger partial charge in [-0.05, 0) is 23.8 Å². The van der Waals surface area contributed by atoms with E-state index in [1.165, 1.54) is 11.3 Å². The number of hydrogen-bond acceptors (Lipinski definition) is 5. The van der Waals surface area contributed by atoms with Gasteiger partial charge in [-0.25, -0.2) is 0 Å². The summed E-state index contributed by atoms with van der Waals surface area (Å²) < 4.78 is 1.84. The molecule has 0 spiro atoms. The van der Waals surface area contributed by atoms with Gasteiger partial charge in [0, 0.05) is 23.9 Å². The first-order chi connectivity index (χ1) is 11.1. The molecule has 2 aromatic heterocycles. The number of carbonyl (C=O) groups is 1. The third-order valence-corrected chi connectivity index (χ3v) is 4.41. The van der Waals surface area contributed by atoms with E-state index in [1.807, 2.05) is 42.9 Å². The fourth-order valence-corrected chi connectivity index (χ4v) is 2.77. The lowest BCUT2D eigenvalue weighted by atomic mass is 10.1. The summed E-state index contributed by atoms with van der Waals surface area (Å²) in [5.41, 5.74) is 1.68. The molecule has 23 heavy (non-hydrogen) atoms. The third-order valence-electron chi connectivity index (χ3n) is 3.27. The molecule has 0 fully saturated rings. The Morgan fingerprint density at radius 2 is 2.04 bits per heavy atom. The van der Waals surface area contributed by atoms with Crippen LogP contribution in [0.5, 0.6) is 0 Å².